The molecule has 0 spiro atoms. The van der Waals surface area contributed by atoms with Crippen molar-refractivity contribution in [1.82, 2.24) is 9.55 Å². The maximum Gasteiger partial charge on any atom is 0.337 e. The molecule has 2 aromatic rings. The number of methoxy groups -OCH3 is 1. The first-order valence-corrected chi connectivity index (χ1v) is 6.34. The van der Waals surface area contributed by atoms with Gasteiger partial charge in [-0.05, 0) is 31.0 Å². The Bertz CT molecular complexity index is 582. The molecule has 0 unspecified atom stereocenters. The number of benzene rings is 1. The Morgan fingerprint density at radius 3 is 2.89 bits per heavy atom. The molecule has 0 saturated heterocycles. The fraction of sp³-hybridized carbons (Fsp3) is 0.429. The highest BCUT2D eigenvalue weighted by atomic mass is 16.5. The van der Waals surface area contributed by atoms with E-state index in [1.54, 1.807) is 6.07 Å². The molecule has 0 bridgehead atoms. The molecule has 0 atom stereocenters. The topological polar surface area (TPSA) is 44.1 Å². The van der Waals surface area contributed by atoms with Crippen LogP contribution in [0.25, 0.3) is 11.0 Å². The van der Waals surface area contributed by atoms with Crippen LogP contribution in [0.3, 0.4) is 0 Å². The van der Waals surface area contributed by atoms with E-state index in [1.807, 2.05) is 18.5 Å². The molecule has 18 heavy (non-hydrogen) atoms. The van der Waals surface area contributed by atoms with Gasteiger partial charge in [0.15, 0.2) is 0 Å². The number of nitrogens with zero attached hydrogens (tertiary/aromatic N) is 2. The van der Waals surface area contributed by atoms with Gasteiger partial charge < -0.3 is 9.30 Å². The SMILES string of the molecule is COC(=O)c1ccc2ncn(C3CCCC3)c2c1. The van der Waals surface area contributed by atoms with E-state index >= 15 is 0 Å². The zero-order chi connectivity index (χ0) is 12.5. The molecule has 94 valence electrons. The van der Waals surface area contributed by atoms with Crippen LogP contribution in [-0.2, 0) is 4.74 Å². The summed E-state index contributed by atoms with van der Waals surface area (Å²) in [6.45, 7) is 0. The molecule has 3 rings (SSSR count). The zero-order valence-corrected chi connectivity index (χ0v) is 10.4. The molecule has 1 aliphatic carbocycles. The van der Waals surface area contributed by atoms with Crippen LogP contribution in [-0.4, -0.2) is 22.6 Å². The van der Waals surface area contributed by atoms with Crippen LogP contribution in [0.5, 0.6) is 0 Å². The number of rotatable bonds is 2. The van der Waals surface area contributed by atoms with Crippen molar-refractivity contribution >= 4 is 17.0 Å². The molecular weight excluding hydrogens is 228 g/mol. The summed E-state index contributed by atoms with van der Waals surface area (Å²) in [7, 11) is 1.40. The highest BCUT2D eigenvalue weighted by molar-refractivity contribution is 5.93. The smallest absolute Gasteiger partial charge is 0.337 e. The van der Waals surface area contributed by atoms with Gasteiger partial charge in [0, 0.05) is 6.04 Å². The van der Waals surface area contributed by atoms with E-state index in [1.165, 1.54) is 32.8 Å². The number of aromatic nitrogens is 2. The van der Waals surface area contributed by atoms with Gasteiger partial charge in [-0.15, -0.1) is 0 Å². The van der Waals surface area contributed by atoms with Gasteiger partial charge in [-0.2, -0.15) is 0 Å². The van der Waals surface area contributed by atoms with Gasteiger partial charge in [0.1, 0.15) is 0 Å². The third-order valence-corrected chi connectivity index (χ3v) is 3.71. The number of imidazole rings is 1. The van der Waals surface area contributed by atoms with Crippen molar-refractivity contribution in [3.8, 4) is 0 Å². The summed E-state index contributed by atoms with van der Waals surface area (Å²) in [5.74, 6) is -0.295. The van der Waals surface area contributed by atoms with Gasteiger partial charge in [0.2, 0.25) is 0 Å². The molecule has 4 heteroatoms. The second-order valence-corrected chi connectivity index (χ2v) is 4.79. The second kappa shape index (κ2) is 4.44. The predicted molar refractivity (Wildman–Crippen MR) is 68.6 cm³/mol. The fourth-order valence-electron chi connectivity index (χ4n) is 2.74. The van der Waals surface area contributed by atoms with Crippen molar-refractivity contribution in [3.05, 3.63) is 30.1 Å². The van der Waals surface area contributed by atoms with Crippen molar-refractivity contribution in [1.29, 1.82) is 0 Å². The molecule has 0 amide bonds. The summed E-state index contributed by atoms with van der Waals surface area (Å²) in [5.41, 5.74) is 2.56. The summed E-state index contributed by atoms with van der Waals surface area (Å²) in [6.07, 6.45) is 6.85. The van der Waals surface area contributed by atoms with Crippen molar-refractivity contribution in [2.45, 2.75) is 31.7 Å². The number of carbonyl (C=O) groups is 1. The number of hydrogen-bond donors (Lipinski definition) is 0. The molecule has 1 fully saturated rings. The van der Waals surface area contributed by atoms with Crippen LogP contribution < -0.4 is 0 Å². The van der Waals surface area contributed by atoms with E-state index in [9.17, 15) is 4.79 Å². The Balaban J connectivity index is 2.07. The minimum atomic E-state index is -0.295. The molecular formula is C14H16N2O2. The van der Waals surface area contributed by atoms with Gasteiger partial charge in [0.05, 0.1) is 30.0 Å². The third kappa shape index (κ3) is 1.78. The summed E-state index contributed by atoms with van der Waals surface area (Å²) >= 11 is 0. The summed E-state index contributed by atoms with van der Waals surface area (Å²) in [5, 5.41) is 0. The quantitative estimate of drug-likeness (QED) is 0.763. The molecule has 0 radical (unpaired) electrons. The lowest BCUT2D eigenvalue weighted by Crippen LogP contribution is -2.04. The lowest BCUT2D eigenvalue weighted by atomic mass is 10.2. The molecule has 0 aliphatic heterocycles. The molecule has 0 N–H and O–H groups in total. The van der Waals surface area contributed by atoms with E-state index in [2.05, 4.69) is 9.55 Å². The van der Waals surface area contributed by atoms with E-state index in [-0.39, 0.29) is 5.97 Å². The van der Waals surface area contributed by atoms with Gasteiger partial charge in [-0.1, -0.05) is 12.8 Å². The van der Waals surface area contributed by atoms with Crippen molar-refractivity contribution in [3.63, 3.8) is 0 Å². The minimum Gasteiger partial charge on any atom is -0.465 e. The average molecular weight is 244 g/mol. The first-order chi connectivity index (χ1) is 8.79. The van der Waals surface area contributed by atoms with E-state index in [4.69, 9.17) is 4.74 Å². The standard InChI is InChI=1S/C14H16N2O2/c1-18-14(17)10-6-7-12-13(8-10)16(9-15-12)11-4-2-3-5-11/h6-9,11H,2-5H2,1H3. The molecule has 1 heterocycles. The highest BCUT2D eigenvalue weighted by Crippen LogP contribution is 2.32. The van der Waals surface area contributed by atoms with E-state index in [0.717, 1.165) is 11.0 Å². The molecule has 1 aromatic heterocycles. The van der Waals surface area contributed by atoms with Crippen LogP contribution in [0.4, 0.5) is 0 Å². The molecule has 1 saturated carbocycles. The zero-order valence-electron chi connectivity index (χ0n) is 10.4. The Kier molecular flexibility index (Phi) is 2.78. The van der Waals surface area contributed by atoms with Crippen LogP contribution in [0.1, 0.15) is 42.1 Å². The van der Waals surface area contributed by atoms with Crippen molar-refractivity contribution in [2.75, 3.05) is 7.11 Å². The average Bonchev–Trinajstić information content (AvgIpc) is 3.05. The van der Waals surface area contributed by atoms with Crippen molar-refractivity contribution < 1.29 is 9.53 Å². The second-order valence-electron chi connectivity index (χ2n) is 4.79. The van der Waals surface area contributed by atoms with Crippen LogP contribution in [0.2, 0.25) is 0 Å². The number of fused-ring (bicyclic) bond motifs is 1. The fourth-order valence-corrected chi connectivity index (χ4v) is 2.74. The number of ether oxygens (including phenoxy) is 1. The Labute approximate surface area is 106 Å². The van der Waals surface area contributed by atoms with Crippen LogP contribution in [0.15, 0.2) is 24.5 Å². The monoisotopic (exact) mass is 244 g/mol. The van der Waals surface area contributed by atoms with Crippen LogP contribution >= 0.6 is 0 Å². The predicted octanol–water partition coefficient (Wildman–Crippen LogP) is 2.94. The molecule has 1 aromatic carbocycles. The number of hydrogen-bond acceptors (Lipinski definition) is 3. The van der Waals surface area contributed by atoms with E-state index in [0.29, 0.717) is 11.6 Å². The van der Waals surface area contributed by atoms with Gasteiger partial charge in [0.25, 0.3) is 0 Å². The first-order valence-electron chi connectivity index (χ1n) is 6.34. The van der Waals surface area contributed by atoms with Gasteiger partial charge >= 0.3 is 5.97 Å². The maximum absolute atomic E-state index is 11.6. The maximum atomic E-state index is 11.6. The number of esters is 1. The Hall–Kier alpha value is -1.84. The summed E-state index contributed by atoms with van der Waals surface area (Å²) in [4.78, 5) is 16.0. The third-order valence-electron chi connectivity index (χ3n) is 3.71. The van der Waals surface area contributed by atoms with Gasteiger partial charge in [-0.3, -0.25) is 0 Å². The van der Waals surface area contributed by atoms with Gasteiger partial charge in [-0.25, -0.2) is 9.78 Å². The molecule has 4 nitrogen and oxygen atoms in total. The summed E-state index contributed by atoms with van der Waals surface area (Å²) < 4.78 is 6.96. The van der Waals surface area contributed by atoms with Crippen molar-refractivity contribution in [2.24, 2.45) is 0 Å². The lowest BCUT2D eigenvalue weighted by molar-refractivity contribution is 0.0601. The summed E-state index contributed by atoms with van der Waals surface area (Å²) in [6, 6.07) is 6.06. The first kappa shape index (κ1) is 11.3. The lowest BCUT2D eigenvalue weighted by Gasteiger charge is -2.12. The molecule has 1 aliphatic rings. The normalized spacial score (nSPS) is 16.3. The largest absolute Gasteiger partial charge is 0.465 e. The minimum absolute atomic E-state index is 0.295. The Morgan fingerprint density at radius 2 is 2.17 bits per heavy atom. The Morgan fingerprint density at radius 1 is 1.39 bits per heavy atom. The number of carbonyl (C=O) groups excluding carboxylic acids is 1. The van der Waals surface area contributed by atoms with E-state index < -0.39 is 0 Å². The van der Waals surface area contributed by atoms with Crippen LogP contribution in [0, 0.1) is 0 Å². The highest BCUT2D eigenvalue weighted by Gasteiger charge is 2.19.